The quantitative estimate of drug-likeness (QED) is 0.898. The van der Waals surface area contributed by atoms with Crippen LogP contribution in [0.25, 0.3) is 0 Å². The molecule has 3 heteroatoms. The van der Waals surface area contributed by atoms with Crippen LogP contribution in [0, 0.1) is 12.8 Å². The van der Waals surface area contributed by atoms with Gasteiger partial charge in [0, 0.05) is 0 Å². The lowest BCUT2D eigenvalue weighted by molar-refractivity contribution is 0.199. The minimum absolute atomic E-state index is 0.486. The van der Waals surface area contributed by atoms with Gasteiger partial charge in [-0.1, -0.05) is 6.07 Å². The number of nitrogens with two attached hydrogens (primary N) is 1. The number of nitrogens with zero attached hydrogens (tertiary/aromatic N) is 1. The summed E-state index contributed by atoms with van der Waals surface area (Å²) in [6, 6.07) is 6.45. The molecule has 0 saturated carbocycles. The average molecular weight is 276 g/mol. The van der Waals surface area contributed by atoms with E-state index in [-0.39, 0.29) is 0 Å². The van der Waals surface area contributed by atoms with Gasteiger partial charge in [-0.05, 0) is 88.5 Å². The van der Waals surface area contributed by atoms with Crippen molar-refractivity contribution >= 4 is 0 Å². The topological polar surface area (TPSA) is 38.5 Å². The highest BCUT2D eigenvalue weighted by molar-refractivity contribution is 5.37. The second-order valence-electron chi connectivity index (χ2n) is 5.93. The molecule has 1 aromatic carbocycles. The Morgan fingerprint density at radius 1 is 1.35 bits per heavy atom. The lowest BCUT2D eigenvalue weighted by Gasteiger charge is -2.34. The van der Waals surface area contributed by atoms with Crippen molar-refractivity contribution in [2.75, 3.05) is 33.3 Å². The summed E-state index contributed by atoms with van der Waals surface area (Å²) in [6.07, 6.45) is 2.51. The predicted octanol–water partition coefficient (Wildman–Crippen LogP) is 2.78. The van der Waals surface area contributed by atoms with Crippen LogP contribution in [0.5, 0.6) is 5.75 Å². The number of aryl methyl sites for hydroxylation is 1. The minimum atomic E-state index is 0.486. The molecule has 1 aromatic rings. The molecule has 1 saturated heterocycles. The standard InChI is InChI=1S/C17H28N2O/c1-4-20-15-5-6-16(13(2)11-15)17(12-18)14-7-9-19(3)10-8-14/h5-6,11,14,17H,4,7-10,12,18H2,1-3H3. The molecule has 20 heavy (non-hydrogen) atoms. The van der Waals surface area contributed by atoms with Crippen molar-refractivity contribution in [3.05, 3.63) is 29.3 Å². The van der Waals surface area contributed by atoms with Gasteiger partial charge in [0.1, 0.15) is 5.75 Å². The molecule has 1 aliphatic rings. The maximum Gasteiger partial charge on any atom is 0.119 e. The molecule has 0 bridgehead atoms. The SMILES string of the molecule is CCOc1ccc(C(CN)C2CCN(C)CC2)c(C)c1. The Balaban J connectivity index is 2.14. The van der Waals surface area contributed by atoms with E-state index in [1.807, 2.05) is 6.92 Å². The second kappa shape index (κ2) is 7.09. The number of hydrogen-bond donors (Lipinski definition) is 1. The first-order valence-electron chi connectivity index (χ1n) is 7.77. The summed E-state index contributed by atoms with van der Waals surface area (Å²) >= 11 is 0. The van der Waals surface area contributed by atoms with E-state index in [4.69, 9.17) is 10.5 Å². The van der Waals surface area contributed by atoms with Crippen LogP contribution < -0.4 is 10.5 Å². The molecule has 1 heterocycles. The fourth-order valence-corrected chi connectivity index (χ4v) is 3.32. The van der Waals surface area contributed by atoms with Gasteiger partial charge in [-0.2, -0.15) is 0 Å². The van der Waals surface area contributed by atoms with E-state index in [1.165, 1.54) is 37.1 Å². The molecule has 1 atom stereocenters. The Morgan fingerprint density at radius 3 is 2.60 bits per heavy atom. The molecule has 0 spiro atoms. The van der Waals surface area contributed by atoms with Crippen molar-refractivity contribution in [2.24, 2.45) is 11.7 Å². The van der Waals surface area contributed by atoms with Crippen LogP contribution in [0.4, 0.5) is 0 Å². The van der Waals surface area contributed by atoms with Crippen molar-refractivity contribution in [2.45, 2.75) is 32.6 Å². The highest BCUT2D eigenvalue weighted by atomic mass is 16.5. The lowest BCUT2D eigenvalue weighted by atomic mass is 9.79. The Bertz CT molecular complexity index is 425. The number of rotatable bonds is 5. The third-order valence-corrected chi connectivity index (χ3v) is 4.54. The third kappa shape index (κ3) is 3.53. The highest BCUT2D eigenvalue weighted by Crippen LogP contribution is 2.34. The molecule has 2 rings (SSSR count). The molecule has 2 N–H and O–H groups in total. The summed E-state index contributed by atoms with van der Waals surface area (Å²) < 4.78 is 5.58. The van der Waals surface area contributed by atoms with Crippen LogP contribution in [0.3, 0.4) is 0 Å². The summed E-state index contributed by atoms with van der Waals surface area (Å²) in [4.78, 5) is 2.41. The Morgan fingerprint density at radius 2 is 2.05 bits per heavy atom. The molecule has 1 unspecified atom stereocenters. The zero-order chi connectivity index (χ0) is 14.5. The van der Waals surface area contributed by atoms with Crippen LogP contribution in [0.1, 0.15) is 36.8 Å². The van der Waals surface area contributed by atoms with Gasteiger partial charge in [0.15, 0.2) is 0 Å². The summed E-state index contributed by atoms with van der Waals surface area (Å²) in [5.74, 6) is 2.17. The van der Waals surface area contributed by atoms with Gasteiger partial charge >= 0.3 is 0 Å². The first-order chi connectivity index (χ1) is 9.65. The van der Waals surface area contributed by atoms with E-state index in [0.29, 0.717) is 18.4 Å². The molecule has 112 valence electrons. The summed E-state index contributed by atoms with van der Waals surface area (Å²) in [5.41, 5.74) is 8.81. The first kappa shape index (κ1) is 15.3. The third-order valence-electron chi connectivity index (χ3n) is 4.54. The van der Waals surface area contributed by atoms with E-state index in [2.05, 4.69) is 37.1 Å². The highest BCUT2D eigenvalue weighted by Gasteiger charge is 2.26. The molecule has 1 aliphatic heterocycles. The molecule has 0 amide bonds. The maximum atomic E-state index is 6.09. The maximum absolute atomic E-state index is 6.09. The Labute approximate surface area is 123 Å². The second-order valence-corrected chi connectivity index (χ2v) is 5.93. The van der Waals surface area contributed by atoms with E-state index in [1.54, 1.807) is 0 Å². The fourth-order valence-electron chi connectivity index (χ4n) is 3.32. The average Bonchev–Trinajstić information content (AvgIpc) is 2.44. The van der Waals surface area contributed by atoms with Crippen molar-refractivity contribution < 1.29 is 4.74 Å². The number of piperidine rings is 1. The summed E-state index contributed by atoms with van der Waals surface area (Å²) in [7, 11) is 2.20. The molecule has 0 aromatic heterocycles. The van der Waals surface area contributed by atoms with E-state index in [0.717, 1.165) is 12.3 Å². The minimum Gasteiger partial charge on any atom is -0.494 e. The fraction of sp³-hybridized carbons (Fsp3) is 0.647. The molecular formula is C17H28N2O. The Kier molecular flexibility index (Phi) is 5.44. The van der Waals surface area contributed by atoms with Crippen molar-refractivity contribution in [1.82, 2.24) is 4.90 Å². The van der Waals surface area contributed by atoms with Gasteiger partial charge in [-0.3, -0.25) is 0 Å². The van der Waals surface area contributed by atoms with Gasteiger partial charge in [0.2, 0.25) is 0 Å². The van der Waals surface area contributed by atoms with E-state index >= 15 is 0 Å². The lowest BCUT2D eigenvalue weighted by Crippen LogP contribution is -2.35. The zero-order valence-electron chi connectivity index (χ0n) is 13.1. The molecule has 1 fully saturated rings. The smallest absolute Gasteiger partial charge is 0.119 e. The number of benzene rings is 1. The predicted molar refractivity (Wildman–Crippen MR) is 84.4 cm³/mol. The van der Waals surface area contributed by atoms with Crippen LogP contribution in [-0.2, 0) is 0 Å². The summed E-state index contributed by atoms with van der Waals surface area (Å²) in [5, 5.41) is 0. The largest absolute Gasteiger partial charge is 0.494 e. The van der Waals surface area contributed by atoms with Gasteiger partial charge in [-0.25, -0.2) is 0 Å². The van der Waals surface area contributed by atoms with Crippen molar-refractivity contribution in [1.29, 1.82) is 0 Å². The molecular weight excluding hydrogens is 248 g/mol. The number of ether oxygens (including phenoxy) is 1. The van der Waals surface area contributed by atoms with Crippen LogP contribution in [-0.4, -0.2) is 38.2 Å². The van der Waals surface area contributed by atoms with Gasteiger partial charge in [0.25, 0.3) is 0 Å². The van der Waals surface area contributed by atoms with Gasteiger partial charge in [-0.15, -0.1) is 0 Å². The van der Waals surface area contributed by atoms with E-state index in [9.17, 15) is 0 Å². The van der Waals surface area contributed by atoms with Crippen LogP contribution in [0.15, 0.2) is 18.2 Å². The van der Waals surface area contributed by atoms with Gasteiger partial charge in [0.05, 0.1) is 6.61 Å². The number of likely N-dealkylation sites (tertiary alicyclic amines) is 1. The summed E-state index contributed by atoms with van der Waals surface area (Å²) in [6.45, 7) is 8.03. The Hall–Kier alpha value is -1.06. The van der Waals surface area contributed by atoms with Crippen LogP contribution in [0.2, 0.25) is 0 Å². The van der Waals surface area contributed by atoms with Crippen LogP contribution >= 0.6 is 0 Å². The molecule has 0 aliphatic carbocycles. The van der Waals surface area contributed by atoms with Crippen molar-refractivity contribution in [3.8, 4) is 5.75 Å². The monoisotopic (exact) mass is 276 g/mol. The zero-order valence-corrected chi connectivity index (χ0v) is 13.1. The van der Waals surface area contributed by atoms with E-state index < -0.39 is 0 Å². The van der Waals surface area contributed by atoms with Crippen molar-refractivity contribution in [3.63, 3.8) is 0 Å². The molecule has 0 radical (unpaired) electrons. The number of hydrogen-bond acceptors (Lipinski definition) is 3. The normalized spacial score (nSPS) is 19.0. The molecule has 3 nitrogen and oxygen atoms in total. The first-order valence-corrected chi connectivity index (χ1v) is 7.77. The van der Waals surface area contributed by atoms with Gasteiger partial charge < -0.3 is 15.4 Å².